The van der Waals surface area contributed by atoms with Gasteiger partial charge in [0.2, 0.25) is 0 Å². The molecule has 17 heavy (non-hydrogen) atoms. The van der Waals surface area contributed by atoms with Crippen molar-refractivity contribution in [3.8, 4) is 0 Å². The van der Waals surface area contributed by atoms with Gasteiger partial charge < -0.3 is 14.8 Å². The minimum absolute atomic E-state index is 0.350. The molecule has 0 spiro atoms. The number of rotatable bonds is 9. The molecular weight excluding hydrogens is 214 g/mol. The maximum Gasteiger partial charge on any atom is 0.0704 e. The van der Waals surface area contributed by atoms with E-state index in [1.807, 2.05) is 0 Å². The lowest BCUT2D eigenvalue weighted by Crippen LogP contribution is -2.63. The van der Waals surface area contributed by atoms with Crippen molar-refractivity contribution in [3.63, 3.8) is 0 Å². The van der Waals surface area contributed by atoms with E-state index in [2.05, 4.69) is 26.1 Å². The maximum absolute atomic E-state index is 5.96. The van der Waals surface area contributed by atoms with Gasteiger partial charge in [0, 0.05) is 18.6 Å². The standard InChI is InChI=1S/C14H29NO2/c1-5-8-15-12-11-13(17-10-9-16-4)14(12,6-2)7-3/h12-13,15H,5-11H2,1-4H3. The first-order chi connectivity index (χ1) is 8.25. The molecule has 1 fully saturated rings. The SMILES string of the molecule is CCCNC1CC(OCCOC)C1(CC)CC. The van der Waals surface area contributed by atoms with E-state index >= 15 is 0 Å². The Balaban J connectivity index is 2.45. The molecule has 3 nitrogen and oxygen atoms in total. The molecule has 0 aromatic rings. The highest BCUT2D eigenvalue weighted by Crippen LogP contribution is 2.48. The smallest absolute Gasteiger partial charge is 0.0704 e. The van der Waals surface area contributed by atoms with Gasteiger partial charge in [-0.15, -0.1) is 0 Å². The van der Waals surface area contributed by atoms with Crippen LogP contribution < -0.4 is 5.32 Å². The van der Waals surface area contributed by atoms with Crippen molar-refractivity contribution in [2.24, 2.45) is 5.41 Å². The molecule has 2 atom stereocenters. The Bertz CT molecular complexity index is 204. The highest BCUT2D eigenvalue weighted by molar-refractivity contribution is 5.06. The van der Waals surface area contributed by atoms with E-state index in [1.165, 1.54) is 19.3 Å². The number of methoxy groups -OCH3 is 1. The van der Waals surface area contributed by atoms with Crippen LogP contribution in [0.15, 0.2) is 0 Å². The Labute approximate surface area is 106 Å². The molecule has 1 saturated carbocycles. The summed E-state index contributed by atoms with van der Waals surface area (Å²) in [6.45, 7) is 9.34. The van der Waals surface area contributed by atoms with E-state index in [0.717, 1.165) is 19.6 Å². The van der Waals surface area contributed by atoms with E-state index < -0.39 is 0 Å². The quantitative estimate of drug-likeness (QED) is 0.631. The van der Waals surface area contributed by atoms with Crippen LogP contribution in [-0.2, 0) is 9.47 Å². The van der Waals surface area contributed by atoms with Crippen LogP contribution in [0.4, 0.5) is 0 Å². The molecule has 0 aromatic heterocycles. The summed E-state index contributed by atoms with van der Waals surface area (Å²) in [5.41, 5.74) is 0.350. The van der Waals surface area contributed by atoms with Crippen LogP contribution in [0, 0.1) is 5.41 Å². The molecule has 3 heteroatoms. The van der Waals surface area contributed by atoms with Gasteiger partial charge in [0.25, 0.3) is 0 Å². The Kier molecular flexibility index (Phi) is 6.45. The molecule has 0 aliphatic heterocycles. The fourth-order valence-corrected chi connectivity index (χ4v) is 3.06. The minimum Gasteiger partial charge on any atom is -0.382 e. The lowest BCUT2D eigenvalue weighted by Gasteiger charge is -2.55. The van der Waals surface area contributed by atoms with Gasteiger partial charge in [-0.2, -0.15) is 0 Å². The van der Waals surface area contributed by atoms with Crippen molar-refractivity contribution in [2.45, 2.75) is 58.6 Å². The molecule has 102 valence electrons. The molecule has 1 aliphatic rings. The van der Waals surface area contributed by atoms with Gasteiger partial charge in [-0.3, -0.25) is 0 Å². The van der Waals surface area contributed by atoms with E-state index in [1.54, 1.807) is 7.11 Å². The van der Waals surface area contributed by atoms with Gasteiger partial charge in [0.05, 0.1) is 19.3 Å². The third kappa shape index (κ3) is 3.21. The highest BCUT2D eigenvalue weighted by atomic mass is 16.5. The molecule has 1 rings (SSSR count). The second kappa shape index (κ2) is 7.34. The predicted molar refractivity (Wildman–Crippen MR) is 71.3 cm³/mol. The molecule has 1 N–H and O–H groups in total. The van der Waals surface area contributed by atoms with Crippen LogP contribution in [0.25, 0.3) is 0 Å². The summed E-state index contributed by atoms with van der Waals surface area (Å²) in [6, 6.07) is 0.644. The molecule has 0 radical (unpaired) electrons. The normalized spacial score (nSPS) is 26.8. The number of hydrogen-bond acceptors (Lipinski definition) is 3. The summed E-state index contributed by atoms with van der Waals surface area (Å²) in [4.78, 5) is 0. The van der Waals surface area contributed by atoms with Crippen LogP contribution in [0.2, 0.25) is 0 Å². The number of nitrogens with one attached hydrogen (secondary N) is 1. The lowest BCUT2D eigenvalue weighted by molar-refractivity contribution is -0.146. The zero-order valence-electron chi connectivity index (χ0n) is 11.9. The molecule has 0 heterocycles. The van der Waals surface area contributed by atoms with Crippen molar-refractivity contribution >= 4 is 0 Å². The third-order valence-electron chi connectivity index (χ3n) is 4.35. The topological polar surface area (TPSA) is 30.5 Å². The van der Waals surface area contributed by atoms with Crippen molar-refractivity contribution < 1.29 is 9.47 Å². The molecule has 0 aromatic carbocycles. The van der Waals surface area contributed by atoms with E-state index in [9.17, 15) is 0 Å². The average Bonchev–Trinajstić information content (AvgIpc) is 2.33. The Hall–Kier alpha value is -0.120. The fourth-order valence-electron chi connectivity index (χ4n) is 3.06. The Morgan fingerprint density at radius 2 is 1.88 bits per heavy atom. The van der Waals surface area contributed by atoms with Crippen LogP contribution in [0.3, 0.4) is 0 Å². The first-order valence-corrected chi connectivity index (χ1v) is 7.09. The number of hydrogen-bond donors (Lipinski definition) is 1. The van der Waals surface area contributed by atoms with Crippen LogP contribution >= 0.6 is 0 Å². The monoisotopic (exact) mass is 243 g/mol. The van der Waals surface area contributed by atoms with Crippen molar-refractivity contribution in [1.29, 1.82) is 0 Å². The van der Waals surface area contributed by atoms with E-state index in [4.69, 9.17) is 9.47 Å². The second-order valence-electron chi connectivity index (χ2n) is 5.03. The fraction of sp³-hybridized carbons (Fsp3) is 1.00. The lowest BCUT2D eigenvalue weighted by atomic mass is 9.58. The first kappa shape index (κ1) is 14.9. The minimum atomic E-state index is 0.350. The van der Waals surface area contributed by atoms with Crippen molar-refractivity contribution in [1.82, 2.24) is 5.32 Å². The zero-order chi connectivity index (χ0) is 12.7. The second-order valence-corrected chi connectivity index (χ2v) is 5.03. The van der Waals surface area contributed by atoms with Gasteiger partial charge in [0.1, 0.15) is 0 Å². The molecule has 1 aliphatic carbocycles. The summed E-state index contributed by atoms with van der Waals surface area (Å²) < 4.78 is 11.0. The largest absolute Gasteiger partial charge is 0.382 e. The highest BCUT2D eigenvalue weighted by Gasteiger charge is 2.52. The molecular formula is C14H29NO2. The molecule has 0 saturated heterocycles. The summed E-state index contributed by atoms with van der Waals surface area (Å²) >= 11 is 0. The molecule has 2 unspecified atom stereocenters. The summed E-state index contributed by atoms with van der Waals surface area (Å²) in [6.07, 6.45) is 5.17. The third-order valence-corrected chi connectivity index (χ3v) is 4.35. The van der Waals surface area contributed by atoms with Gasteiger partial charge in [0.15, 0.2) is 0 Å². The number of ether oxygens (including phenoxy) is 2. The maximum atomic E-state index is 5.96. The zero-order valence-corrected chi connectivity index (χ0v) is 11.9. The van der Waals surface area contributed by atoms with Crippen LogP contribution in [-0.4, -0.2) is 39.0 Å². The Morgan fingerprint density at radius 1 is 1.18 bits per heavy atom. The van der Waals surface area contributed by atoms with Crippen LogP contribution in [0.1, 0.15) is 46.5 Å². The van der Waals surface area contributed by atoms with Gasteiger partial charge >= 0.3 is 0 Å². The average molecular weight is 243 g/mol. The molecule has 0 bridgehead atoms. The Morgan fingerprint density at radius 3 is 2.41 bits per heavy atom. The van der Waals surface area contributed by atoms with Gasteiger partial charge in [-0.25, -0.2) is 0 Å². The van der Waals surface area contributed by atoms with Gasteiger partial charge in [-0.1, -0.05) is 20.8 Å². The summed E-state index contributed by atoms with van der Waals surface area (Å²) in [7, 11) is 1.72. The van der Waals surface area contributed by atoms with Crippen LogP contribution in [0.5, 0.6) is 0 Å². The van der Waals surface area contributed by atoms with E-state index in [-0.39, 0.29) is 0 Å². The van der Waals surface area contributed by atoms with E-state index in [0.29, 0.717) is 24.2 Å². The summed E-state index contributed by atoms with van der Waals surface area (Å²) in [5, 5.41) is 3.67. The van der Waals surface area contributed by atoms with Gasteiger partial charge in [-0.05, 0) is 32.2 Å². The summed E-state index contributed by atoms with van der Waals surface area (Å²) in [5.74, 6) is 0. The molecule has 0 amide bonds. The predicted octanol–water partition coefficient (Wildman–Crippen LogP) is 2.60. The van der Waals surface area contributed by atoms with Crippen molar-refractivity contribution in [2.75, 3.05) is 26.9 Å². The first-order valence-electron chi connectivity index (χ1n) is 7.09. The van der Waals surface area contributed by atoms with Crippen molar-refractivity contribution in [3.05, 3.63) is 0 Å².